The minimum atomic E-state index is -0.944. The minimum Gasteiger partial charge on any atom is -0.478 e. The van der Waals surface area contributed by atoms with E-state index in [2.05, 4.69) is 9.97 Å². The SMILES string of the molecule is Nc1cccc2[nH]c(-c3ccc(C(=O)O)cc3)nc12. The van der Waals surface area contributed by atoms with Crippen molar-refractivity contribution in [2.45, 2.75) is 0 Å². The summed E-state index contributed by atoms with van der Waals surface area (Å²) in [5, 5.41) is 8.86. The Balaban J connectivity index is 2.09. The van der Waals surface area contributed by atoms with Gasteiger partial charge in [-0.15, -0.1) is 0 Å². The van der Waals surface area contributed by atoms with E-state index < -0.39 is 5.97 Å². The van der Waals surface area contributed by atoms with Crippen LogP contribution in [0.25, 0.3) is 22.4 Å². The Kier molecular flexibility index (Phi) is 2.45. The number of hydrogen-bond acceptors (Lipinski definition) is 3. The van der Waals surface area contributed by atoms with Crippen LogP contribution in [0.3, 0.4) is 0 Å². The second-order valence-corrected chi connectivity index (χ2v) is 4.21. The number of imidazole rings is 1. The van der Waals surface area contributed by atoms with Crippen LogP contribution < -0.4 is 5.73 Å². The summed E-state index contributed by atoms with van der Waals surface area (Å²) in [7, 11) is 0. The largest absolute Gasteiger partial charge is 0.478 e. The minimum absolute atomic E-state index is 0.249. The molecule has 0 saturated heterocycles. The summed E-state index contributed by atoms with van der Waals surface area (Å²) in [6, 6.07) is 12.1. The van der Waals surface area contributed by atoms with E-state index >= 15 is 0 Å². The number of carboxylic acids is 1. The summed E-state index contributed by atoms with van der Waals surface area (Å²) >= 11 is 0. The van der Waals surface area contributed by atoms with Crippen molar-refractivity contribution in [1.29, 1.82) is 0 Å². The van der Waals surface area contributed by atoms with Crippen LogP contribution in [0.2, 0.25) is 0 Å². The number of nitrogens with zero attached hydrogens (tertiary/aromatic N) is 1. The number of nitrogen functional groups attached to an aromatic ring is 1. The lowest BCUT2D eigenvalue weighted by molar-refractivity contribution is 0.0697. The molecule has 5 heteroatoms. The van der Waals surface area contributed by atoms with Gasteiger partial charge in [-0.3, -0.25) is 0 Å². The number of hydrogen-bond donors (Lipinski definition) is 3. The molecule has 19 heavy (non-hydrogen) atoms. The molecule has 0 fully saturated rings. The molecule has 0 bridgehead atoms. The van der Waals surface area contributed by atoms with Gasteiger partial charge in [0, 0.05) is 5.56 Å². The molecule has 0 aliphatic carbocycles. The third-order valence-corrected chi connectivity index (χ3v) is 2.95. The van der Waals surface area contributed by atoms with Crippen LogP contribution in [0.15, 0.2) is 42.5 Å². The number of H-pyrrole nitrogens is 1. The molecule has 3 rings (SSSR count). The van der Waals surface area contributed by atoms with E-state index in [1.54, 1.807) is 30.3 Å². The molecule has 1 aromatic heterocycles. The van der Waals surface area contributed by atoms with Crippen molar-refractivity contribution in [1.82, 2.24) is 9.97 Å². The van der Waals surface area contributed by atoms with E-state index in [1.807, 2.05) is 12.1 Å². The predicted octanol–water partition coefficient (Wildman–Crippen LogP) is 2.51. The molecule has 0 aliphatic heterocycles. The first-order valence-electron chi connectivity index (χ1n) is 5.73. The zero-order valence-electron chi connectivity index (χ0n) is 9.92. The summed E-state index contributed by atoms with van der Waals surface area (Å²) in [6.07, 6.45) is 0. The highest BCUT2D eigenvalue weighted by atomic mass is 16.4. The third kappa shape index (κ3) is 1.91. The van der Waals surface area contributed by atoms with Gasteiger partial charge in [0.05, 0.1) is 16.8 Å². The first kappa shape index (κ1) is 11.3. The number of aromatic amines is 1. The number of nitrogens with two attached hydrogens (primary N) is 1. The highest BCUT2D eigenvalue weighted by Gasteiger charge is 2.08. The second-order valence-electron chi connectivity index (χ2n) is 4.21. The van der Waals surface area contributed by atoms with Gasteiger partial charge in [-0.1, -0.05) is 18.2 Å². The summed E-state index contributed by atoms with van der Waals surface area (Å²) in [4.78, 5) is 18.4. The first-order valence-corrected chi connectivity index (χ1v) is 5.73. The molecular weight excluding hydrogens is 242 g/mol. The Hall–Kier alpha value is -2.82. The van der Waals surface area contributed by atoms with Crippen molar-refractivity contribution in [3.8, 4) is 11.4 Å². The van der Waals surface area contributed by atoms with Crippen molar-refractivity contribution in [3.05, 3.63) is 48.0 Å². The Bertz CT molecular complexity index is 760. The molecule has 94 valence electrons. The Morgan fingerprint density at radius 2 is 1.89 bits per heavy atom. The quantitative estimate of drug-likeness (QED) is 0.612. The lowest BCUT2D eigenvalue weighted by Crippen LogP contribution is -1.95. The average molecular weight is 253 g/mol. The van der Waals surface area contributed by atoms with Crippen LogP contribution in [-0.2, 0) is 0 Å². The maximum absolute atomic E-state index is 10.8. The standard InChI is InChI=1S/C14H11N3O2/c15-10-2-1-3-11-12(10)17-13(16-11)8-4-6-9(7-5-8)14(18)19/h1-7H,15H2,(H,16,17)(H,18,19). The Morgan fingerprint density at radius 3 is 2.53 bits per heavy atom. The van der Waals surface area contributed by atoms with Gasteiger partial charge in [0.2, 0.25) is 0 Å². The molecule has 4 N–H and O–H groups in total. The number of fused-ring (bicyclic) bond motifs is 1. The fraction of sp³-hybridized carbons (Fsp3) is 0. The molecule has 1 heterocycles. The molecule has 0 radical (unpaired) electrons. The van der Waals surface area contributed by atoms with Crippen molar-refractivity contribution in [2.75, 3.05) is 5.73 Å². The third-order valence-electron chi connectivity index (χ3n) is 2.95. The molecule has 0 saturated carbocycles. The summed E-state index contributed by atoms with van der Waals surface area (Å²) in [5.74, 6) is -0.273. The number of nitrogens with one attached hydrogen (secondary N) is 1. The van der Waals surface area contributed by atoms with Gasteiger partial charge >= 0.3 is 5.97 Å². The number of carboxylic acid groups (broad SMARTS) is 1. The Morgan fingerprint density at radius 1 is 1.16 bits per heavy atom. The van der Waals surface area contributed by atoms with E-state index in [9.17, 15) is 4.79 Å². The van der Waals surface area contributed by atoms with Gasteiger partial charge in [0.25, 0.3) is 0 Å². The average Bonchev–Trinajstić information content (AvgIpc) is 2.84. The number of anilines is 1. The summed E-state index contributed by atoms with van der Waals surface area (Å²) in [5.41, 5.74) is 9.11. The highest BCUT2D eigenvalue weighted by molar-refractivity contribution is 5.90. The van der Waals surface area contributed by atoms with Crippen molar-refractivity contribution < 1.29 is 9.90 Å². The van der Waals surface area contributed by atoms with Gasteiger partial charge < -0.3 is 15.8 Å². The molecule has 0 atom stereocenters. The monoisotopic (exact) mass is 253 g/mol. The molecule has 0 aliphatic rings. The number of para-hydroxylation sites is 1. The number of aromatic carboxylic acids is 1. The van der Waals surface area contributed by atoms with E-state index in [0.717, 1.165) is 16.6 Å². The lowest BCUT2D eigenvalue weighted by atomic mass is 10.1. The van der Waals surface area contributed by atoms with Crippen LogP contribution in [0, 0.1) is 0 Å². The van der Waals surface area contributed by atoms with Gasteiger partial charge in [-0.05, 0) is 24.3 Å². The normalized spacial score (nSPS) is 10.7. The summed E-state index contributed by atoms with van der Waals surface area (Å²) in [6.45, 7) is 0. The van der Waals surface area contributed by atoms with Crippen LogP contribution in [0.1, 0.15) is 10.4 Å². The topological polar surface area (TPSA) is 92.0 Å². The molecule has 2 aromatic carbocycles. The second kappa shape index (κ2) is 4.13. The van der Waals surface area contributed by atoms with E-state index in [4.69, 9.17) is 10.8 Å². The van der Waals surface area contributed by atoms with Gasteiger partial charge in [-0.2, -0.15) is 0 Å². The maximum atomic E-state index is 10.8. The first-order chi connectivity index (χ1) is 9.15. The number of benzene rings is 2. The maximum Gasteiger partial charge on any atom is 0.335 e. The molecule has 3 aromatic rings. The molecule has 0 spiro atoms. The van der Waals surface area contributed by atoms with Crippen molar-refractivity contribution in [2.24, 2.45) is 0 Å². The molecule has 0 unspecified atom stereocenters. The molecule has 0 amide bonds. The van der Waals surface area contributed by atoms with Gasteiger partial charge in [0.15, 0.2) is 0 Å². The number of rotatable bonds is 2. The van der Waals surface area contributed by atoms with Crippen LogP contribution in [-0.4, -0.2) is 21.0 Å². The van der Waals surface area contributed by atoms with E-state index in [-0.39, 0.29) is 5.56 Å². The lowest BCUT2D eigenvalue weighted by Gasteiger charge is -1.97. The smallest absolute Gasteiger partial charge is 0.335 e. The zero-order valence-corrected chi connectivity index (χ0v) is 9.92. The number of carbonyl (C=O) groups is 1. The van der Waals surface area contributed by atoms with Crippen LogP contribution in [0.4, 0.5) is 5.69 Å². The molecular formula is C14H11N3O2. The highest BCUT2D eigenvalue weighted by Crippen LogP contribution is 2.24. The van der Waals surface area contributed by atoms with Crippen molar-refractivity contribution >= 4 is 22.7 Å². The number of aromatic nitrogens is 2. The predicted molar refractivity (Wildman–Crippen MR) is 72.9 cm³/mol. The Labute approximate surface area is 108 Å². The van der Waals surface area contributed by atoms with Gasteiger partial charge in [-0.25, -0.2) is 9.78 Å². The van der Waals surface area contributed by atoms with E-state index in [1.165, 1.54) is 0 Å². The summed E-state index contributed by atoms with van der Waals surface area (Å²) < 4.78 is 0. The van der Waals surface area contributed by atoms with Crippen LogP contribution >= 0.6 is 0 Å². The van der Waals surface area contributed by atoms with Gasteiger partial charge in [0.1, 0.15) is 11.3 Å². The zero-order chi connectivity index (χ0) is 13.4. The molecule has 5 nitrogen and oxygen atoms in total. The van der Waals surface area contributed by atoms with E-state index in [0.29, 0.717) is 11.5 Å². The van der Waals surface area contributed by atoms with Crippen LogP contribution in [0.5, 0.6) is 0 Å². The fourth-order valence-electron chi connectivity index (χ4n) is 1.96. The van der Waals surface area contributed by atoms with Crippen molar-refractivity contribution in [3.63, 3.8) is 0 Å². The fourth-order valence-corrected chi connectivity index (χ4v) is 1.96.